The van der Waals surface area contributed by atoms with Crippen molar-refractivity contribution in [2.45, 2.75) is 26.0 Å². The Hall–Kier alpha value is -0.710. The molecule has 0 amide bonds. The van der Waals surface area contributed by atoms with Gasteiger partial charge in [-0.3, -0.25) is 0 Å². The first-order valence-corrected chi connectivity index (χ1v) is 7.46. The molecule has 0 saturated carbocycles. The highest BCUT2D eigenvalue weighted by atomic mass is 32.2. The van der Waals surface area contributed by atoms with E-state index in [2.05, 4.69) is 19.2 Å². The Morgan fingerprint density at radius 3 is 2.56 bits per heavy atom. The fourth-order valence-electron chi connectivity index (χ4n) is 1.61. The summed E-state index contributed by atoms with van der Waals surface area (Å²) in [6, 6.07) is 7.96. The highest BCUT2D eigenvalue weighted by Gasteiger charge is 2.09. The van der Waals surface area contributed by atoms with Crippen LogP contribution in [0.15, 0.2) is 24.3 Å². The molecule has 0 aliphatic heterocycles. The van der Waals surface area contributed by atoms with Gasteiger partial charge in [-0.2, -0.15) is 11.8 Å². The summed E-state index contributed by atoms with van der Waals surface area (Å²) in [5, 5.41) is 13.4. The Bertz CT molecular complexity index is 329. The van der Waals surface area contributed by atoms with Gasteiger partial charge in [0, 0.05) is 18.3 Å². The van der Waals surface area contributed by atoms with Crippen molar-refractivity contribution < 1.29 is 9.84 Å². The molecule has 1 aromatic rings. The maximum absolute atomic E-state index is 10.0. The number of benzene rings is 1. The van der Waals surface area contributed by atoms with E-state index in [0.29, 0.717) is 12.6 Å². The van der Waals surface area contributed by atoms with Crippen LogP contribution in [0, 0.1) is 0 Å². The van der Waals surface area contributed by atoms with Crippen molar-refractivity contribution in [3.8, 4) is 5.75 Å². The molecule has 2 unspecified atom stereocenters. The van der Waals surface area contributed by atoms with Crippen LogP contribution in [0.5, 0.6) is 5.75 Å². The molecule has 0 bridgehead atoms. The van der Waals surface area contributed by atoms with E-state index in [1.54, 1.807) is 7.11 Å². The van der Waals surface area contributed by atoms with E-state index in [1.165, 1.54) is 0 Å². The molecule has 0 fully saturated rings. The van der Waals surface area contributed by atoms with Gasteiger partial charge in [0.1, 0.15) is 5.75 Å². The third kappa shape index (κ3) is 5.29. The number of rotatable bonds is 8. The Balaban J connectivity index is 2.37. The monoisotopic (exact) mass is 269 g/mol. The smallest absolute Gasteiger partial charge is 0.118 e. The van der Waals surface area contributed by atoms with Crippen LogP contribution < -0.4 is 10.1 Å². The van der Waals surface area contributed by atoms with Crippen molar-refractivity contribution in [1.29, 1.82) is 0 Å². The predicted molar refractivity (Wildman–Crippen MR) is 78.4 cm³/mol. The van der Waals surface area contributed by atoms with Gasteiger partial charge in [0.25, 0.3) is 0 Å². The minimum atomic E-state index is -0.468. The van der Waals surface area contributed by atoms with E-state index in [1.807, 2.05) is 36.0 Å². The summed E-state index contributed by atoms with van der Waals surface area (Å²) in [6.45, 7) is 4.88. The maximum atomic E-state index is 10.0. The number of ether oxygens (including phenoxy) is 1. The van der Waals surface area contributed by atoms with Crippen molar-refractivity contribution in [2.24, 2.45) is 0 Å². The highest BCUT2D eigenvalue weighted by Crippen LogP contribution is 2.17. The first-order chi connectivity index (χ1) is 8.67. The number of aliphatic hydroxyl groups excluding tert-OH is 1. The van der Waals surface area contributed by atoms with Crippen molar-refractivity contribution in [3.05, 3.63) is 29.8 Å². The molecule has 0 spiro atoms. The topological polar surface area (TPSA) is 41.5 Å². The van der Waals surface area contributed by atoms with Gasteiger partial charge in [0.05, 0.1) is 13.2 Å². The molecule has 2 atom stereocenters. The van der Waals surface area contributed by atoms with E-state index in [0.717, 1.165) is 22.8 Å². The molecule has 4 heteroatoms. The molecular weight excluding hydrogens is 246 g/mol. The SMILES string of the molecule is CCSCC(C)NCC(O)c1ccc(OC)cc1. The number of hydrogen-bond donors (Lipinski definition) is 2. The molecule has 0 aliphatic rings. The predicted octanol–water partition coefficient (Wildman–Crippen LogP) is 2.46. The van der Waals surface area contributed by atoms with Crippen LogP contribution in [0.2, 0.25) is 0 Å². The average molecular weight is 269 g/mol. The molecule has 1 aromatic carbocycles. The summed E-state index contributed by atoms with van der Waals surface area (Å²) in [6.07, 6.45) is -0.468. The third-order valence-electron chi connectivity index (χ3n) is 2.73. The first kappa shape index (κ1) is 15.3. The summed E-state index contributed by atoms with van der Waals surface area (Å²) >= 11 is 1.91. The van der Waals surface area contributed by atoms with Gasteiger partial charge in [0.2, 0.25) is 0 Å². The summed E-state index contributed by atoms with van der Waals surface area (Å²) in [5.74, 6) is 3.02. The van der Waals surface area contributed by atoms with Crippen molar-refractivity contribution >= 4 is 11.8 Å². The van der Waals surface area contributed by atoms with Crippen LogP contribution in [0.4, 0.5) is 0 Å². The zero-order chi connectivity index (χ0) is 13.4. The summed E-state index contributed by atoms with van der Waals surface area (Å²) in [5.41, 5.74) is 0.915. The van der Waals surface area contributed by atoms with Crippen LogP contribution in [0.3, 0.4) is 0 Å². The van der Waals surface area contributed by atoms with Gasteiger partial charge < -0.3 is 15.2 Å². The van der Waals surface area contributed by atoms with E-state index >= 15 is 0 Å². The van der Waals surface area contributed by atoms with Gasteiger partial charge in [0.15, 0.2) is 0 Å². The van der Waals surface area contributed by atoms with Crippen molar-refractivity contribution in [2.75, 3.05) is 25.2 Å². The number of aliphatic hydroxyl groups is 1. The normalized spacial score (nSPS) is 14.2. The molecule has 2 N–H and O–H groups in total. The lowest BCUT2D eigenvalue weighted by atomic mass is 10.1. The zero-order valence-electron chi connectivity index (χ0n) is 11.3. The molecule has 0 radical (unpaired) electrons. The Morgan fingerprint density at radius 2 is 2.00 bits per heavy atom. The molecule has 18 heavy (non-hydrogen) atoms. The Morgan fingerprint density at radius 1 is 1.33 bits per heavy atom. The molecular formula is C14H23NO2S. The van der Waals surface area contributed by atoms with Crippen molar-refractivity contribution in [1.82, 2.24) is 5.32 Å². The van der Waals surface area contributed by atoms with Crippen LogP contribution in [-0.2, 0) is 0 Å². The lowest BCUT2D eigenvalue weighted by Crippen LogP contribution is -2.32. The molecule has 0 aromatic heterocycles. The van der Waals surface area contributed by atoms with E-state index in [9.17, 15) is 5.11 Å². The first-order valence-electron chi connectivity index (χ1n) is 6.30. The number of nitrogens with one attached hydrogen (secondary N) is 1. The Labute approximate surface area is 114 Å². The summed E-state index contributed by atoms with van der Waals surface area (Å²) in [7, 11) is 1.64. The number of thioether (sulfide) groups is 1. The Kier molecular flexibility index (Phi) is 7.16. The van der Waals surface area contributed by atoms with Gasteiger partial charge >= 0.3 is 0 Å². The van der Waals surface area contributed by atoms with Crippen LogP contribution in [0.25, 0.3) is 0 Å². The van der Waals surface area contributed by atoms with Gasteiger partial charge in [-0.15, -0.1) is 0 Å². The molecule has 3 nitrogen and oxygen atoms in total. The van der Waals surface area contributed by atoms with Gasteiger partial charge in [-0.1, -0.05) is 19.1 Å². The second-order valence-electron chi connectivity index (χ2n) is 4.26. The average Bonchev–Trinajstić information content (AvgIpc) is 2.42. The quantitative estimate of drug-likeness (QED) is 0.761. The summed E-state index contributed by atoms with van der Waals surface area (Å²) in [4.78, 5) is 0. The summed E-state index contributed by atoms with van der Waals surface area (Å²) < 4.78 is 5.09. The fraction of sp³-hybridized carbons (Fsp3) is 0.571. The minimum absolute atomic E-state index is 0.419. The van der Waals surface area contributed by atoms with Crippen LogP contribution >= 0.6 is 11.8 Å². The lowest BCUT2D eigenvalue weighted by Gasteiger charge is -2.17. The molecule has 0 aliphatic carbocycles. The highest BCUT2D eigenvalue weighted by molar-refractivity contribution is 7.99. The zero-order valence-corrected chi connectivity index (χ0v) is 12.2. The second kappa shape index (κ2) is 8.40. The molecule has 0 heterocycles. The molecule has 102 valence electrons. The van der Waals surface area contributed by atoms with Crippen molar-refractivity contribution in [3.63, 3.8) is 0 Å². The number of hydrogen-bond acceptors (Lipinski definition) is 4. The molecule has 0 saturated heterocycles. The van der Waals surface area contributed by atoms with E-state index in [4.69, 9.17) is 4.74 Å². The molecule has 1 rings (SSSR count). The maximum Gasteiger partial charge on any atom is 0.118 e. The third-order valence-corrected chi connectivity index (χ3v) is 3.88. The standard InChI is InChI=1S/C14H23NO2S/c1-4-18-10-11(2)15-9-14(16)12-5-7-13(17-3)8-6-12/h5-8,11,14-16H,4,9-10H2,1-3H3. The second-order valence-corrected chi connectivity index (χ2v) is 5.58. The number of methoxy groups -OCH3 is 1. The largest absolute Gasteiger partial charge is 0.497 e. The minimum Gasteiger partial charge on any atom is -0.497 e. The lowest BCUT2D eigenvalue weighted by molar-refractivity contribution is 0.172. The van der Waals surface area contributed by atoms with Gasteiger partial charge in [-0.25, -0.2) is 0 Å². The van der Waals surface area contributed by atoms with Gasteiger partial charge in [-0.05, 0) is 30.4 Å². The fourth-order valence-corrected chi connectivity index (χ4v) is 2.32. The van der Waals surface area contributed by atoms with Crippen LogP contribution in [-0.4, -0.2) is 36.3 Å². The van der Waals surface area contributed by atoms with E-state index < -0.39 is 6.10 Å². The van der Waals surface area contributed by atoms with Crippen LogP contribution in [0.1, 0.15) is 25.5 Å². The van der Waals surface area contributed by atoms with E-state index in [-0.39, 0.29) is 0 Å².